The van der Waals surface area contributed by atoms with E-state index in [1.54, 1.807) is 19.1 Å². The van der Waals surface area contributed by atoms with Crippen LogP contribution in [0.2, 0.25) is 0 Å². The van der Waals surface area contributed by atoms with Gasteiger partial charge in [0, 0.05) is 13.0 Å². The lowest BCUT2D eigenvalue weighted by Gasteiger charge is -2.12. The molecule has 0 aliphatic heterocycles. The highest BCUT2D eigenvalue weighted by atomic mass is 19.1. The van der Waals surface area contributed by atoms with Crippen LogP contribution in [0.4, 0.5) is 10.1 Å². The maximum Gasteiger partial charge on any atom is 0.303 e. The van der Waals surface area contributed by atoms with Gasteiger partial charge in [-0.1, -0.05) is 13.0 Å². The molecular formula is C12H13FN2O2. The van der Waals surface area contributed by atoms with E-state index in [2.05, 4.69) is 5.32 Å². The van der Waals surface area contributed by atoms with Crippen LogP contribution in [0.5, 0.6) is 0 Å². The van der Waals surface area contributed by atoms with Crippen LogP contribution in [-0.2, 0) is 4.79 Å². The number of nitriles is 1. The third kappa shape index (κ3) is 3.76. The van der Waals surface area contributed by atoms with Crippen LogP contribution in [0.1, 0.15) is 18.9 Å². The second kappa shape index (κ2) is 5.85. The fourth-order valence-electron chi connectivity index (χ4n) is 1.44. The molecule has 0 fully saturated rings. The van der Waals surface area contributed by atoms with Crippen molar-refractivity contribution in [3.8, 4) is 6.07 Å². The van der Waals surface area contributed by atoms with E-state index in [0.29, 0.717) is 12.2 Å². The van der Waals surface area contributed by atoms with Gasteiger partial charge in [0.2, 0.25) is 0 Å². The minimum Gasteiger partial charge on any atom is -0.481 e. The molecule has 0 saturated carbocycles. The monoisotopic (exact) mass is 236 g/mol. The van der Waals surface area contributed by atoms with Crippen LogP contribution in [0.25, 0.3) is 0 Å². The maximum absolute atomic E-state index is 13.2. The Morgan fingerprint density at radius 3 is 2.94 bits per heavy atom. The zero-order chi connectivity index (χ0) is 12.8. The molecule has 0 bridgehead atoms. The van der Waals surface area contributed by atoms with Crippen LogP contribution in [0.15, 0.2) is 18.2 Å². The average molecular weight is 236 g/mol. The van der Waals surface area contributed by atoms with Crippen LogP contribution in [-0.4, -0.2) is 17.6 Å². The highest BCUT2D eigenvalue weighted by Crippen LogP contribution is 2.18. The number of carboxylic acids is 1. The van der Waals surface area contributed by atoms with Gasteiger partial charge in [0.25, 0.3) is 0 Å². The van der Waals surface area contributed by atoms with Crippen molar-refractivity contribution in [2.75, 3.05) is 11.9 Å². The molecule has 1 rings (SSSR count). The highest BCUT2D eigenvalue weighted by molar-refractivity contribution is 5.67. The minimum absolute atomic E-state index is 0.0319. The third-order valence-electron chi connectivity index (χ3n) is 2.29. The first-order chi connectivity index (χ1) is 8.04. The molecule has 0 spiro atoms. The fraction of sp³-hybridized carbons (Fsp3) is 0.333. The summed E-state index contributed by atoms with van der Waals surface area (Å²) in [5, 5.41) is 20.3. The summed E-state index contributed by atoms with van der Waals surface area (Å²) >= 11 is 0. The molecule has 1 aromatic rings. The van der Waals surface area contributed by atoms with Gasteiger partial charge in [0.1, 0.15) is 17.4 Å². The molecule has 2 N–H and O–H groups in total. The summed E-state index contributed by atoms with van der Waals surface area (Å²) in [6.45, 7) is 2.15. The van der Waals surface area contributed by atoms with Gasteiger partial charge in [0.05, 0.1) is 5.69 Å². The van der Waals surface area contributed by atoms with Gasteiger partial charge >= 0.3 is 5.97 Å². The van der Waals surface area contributed by atoms with Gasteiger partial charge < -0.3 is 10.4 Å². The fourth-order valence-corrected chi connectivity index (χ4v) is 1.44. The van der Waals surface area contributed by atoms with Gasteiger partial charge in [-0.05, 0) is 18.1 Å². The van der Waals surface area contributed by atoms with Crippen molar-refractivity contribution in [3.63, 3.8) is 0 Å². The number of nitrogens with zero attached hydrogens (tertiary/aromatic N) is 1. The van der Waals surface area contributed by atoms with E-state index >= 15 is 0 Å². The second-order valence-corrected chi connectivity index (χ2v) is 3.86. The van der Waals surface area contributed by atoms with Crippen molar-refractivity contribution in [3.05, 3.63) is 29.6 Å². The first-order valence-electron chi connectivity index (χ1n) is 5.19. The molecule has 17 heavy (non-hydrogen) atoms. The van der Waals surface area contributed by atoms with Gasteiger partial charge in [0.15, 0.2) is 0 Å². The van der Waals surface area contributed by atoms with Crippen LogP contribution < -0.4 is 5.32 Å². The van der Waals surface area contributed by atoms with Gasteiger partial charge in [-0.3, -0.25) is 4.79 Å². The van der Waals surface area contributed by atoms with E-state index in [1.165, 1.54) is 12.1 Å². The molecule has 0 saturated heterocycles. The van der Waals surface area contributed by atoms with Crippen molar-refractivity contribution in [2.45, 2.75) is 13.3 Å². The molecule has 1 atom stereocenters. The molecule has 0 heterocycles. The lowest BCUT2D eigenvalue weighted by molar-refractivity contribution is -0.137. The smallest absolute Gasteiger partial charge is 0.303 e. The van der Waals surface area contributed by atoms with Crippen molar-refractivity contribution in [1.29, 1.82) is 5.26 Å². The first-order valence-corrected chi connectivity index (χ1v) is 5.19. The van der Waals surface area contributed by atoms with E-state index in [0.717, 1.165) is 0 Å². The molecule has 1 unspecified atom stereocenters. The predicted molar refractivity (Wildman–Crippen MR) is 61.0 cm³/mol. The zero-order valence-corrected chi connectivity index (χ0v) is 9.40. The number of aliphatic carboxylic acids is 1. The number of benzene rings is 1. The SMILES string of the molecule is CC(CNc1cccc(F)c1C#N)CC(=O)O. The van der Waals surface area contributed by atoms with E-state index in [1.807, 2.05) is 0 Å². The normalized spacial score (nSPS) is 11.6. The maximum atomic E-state index is 13.2. The Morgan fingerprint density at radius 1 is 1.65 bits per heavy atom. The van der Waals surface area contributed by atoms with Crippen LogP contribution >= 0.6 is 0 Å². The topological polar surface area (TPSA) is 73.1 Å². The molecule has 0 aliphatic carbocycles. The number of rotatable bonds is 5. The summed E-state index contributed by atoms with van der Waals surface area (Å²) in [4.78, 5) is 10.5. The molecule has 4 nitrogen and oxygen atoms in total. The van der Waals surface area contributed by atoms with E-state index < -0.39 is 11.8 Å². The summed E-state index contributed by atoms with van der Waals surface area (Å²) < 4.78 is 13.2. The summed E-state index contributed by atoms with van der Waals surface area (Å²) in [5.74, 6) is -1.55. The van der Waals surface area contributed by atoms with E-state index in [-0.39, 0.29) is 17.9 Å². The number of carbonyl (C=O) groups is 1. The van der Waals surface area contributed by atoms with Crippen molar-refractivity contribution in [1.82, 2.24) is 0 Å². The first kappa shape index (κ1) is 13.0. The predicted octanol–water partition coefficient (Wildman–Crippen LogP) is 2.22. The van der Waals surface area contributed by atoms with Crippen LogP contribution in [0, 0.1) is 23.1 Å². The molecule has 1 aromatic carbocycles. The number of nitrogens with one attached hydrogen (secondary N) is 1. The summed E-state index contributed by atoms with van der Waals surface area (Å²) in [6, 6.07) is 6.08. The molecule has 5 heteroatoms. The average Bonchev–Trinajstić information content (AvgIpc) is 2.25. The Balaban J connectivity index is 2.67. The lowest BCUT2D eigenvalue weighted by Crippen LogP contribution is -2.15. The Morgan fingerprint density at radius 2 is 2.35 bits per heavy atom. The number of carboxylic acid groups (broad SMARTS) is 1. The quantitative estimate of drug-likeness (QED) is 0.822. The molecule has 90 valence electrons. The molecule has 0 aliphatic rings. The van der Waals surface area contributed by atoms with E-state index in [9.17, 15) is 9.18 Å². The Kier molecular flexibility index (Phi) is 4.46. The molecule has 0 radical (unpaired) electrons. The highest BCUT2D eigenvalue weighted by Gasteiger charge is 2.10. The minimum atomic E-state index is -0.876. The summed E-state index contributed by atoms with van der Waals surface area (Å²) in [5.41, 5.74) is 0.347. The van der Waals surface area contributed by atoms with Gasteiger partial charge in [-0.25, -0.2) is 4.39 Å². The Hall–Kier alpha value is -2.09. The van der Waals surface area contributed by atoms with Crippen molar-refractivity contribution in [2.24, 2.45) is 5.92 Å². The standard InChI is InChI=1S/C12H13FN2O2/c1-8(5-12(16)17)7-15-11-4-2-3-10(13)9(11)6-14/h2-4,8,15H,5,7H2,1H3,(H,16,17). The Labute approximate surface area is 98.7 Å². The third-order valence-corrected chi connectivity index (χ3v) is 2.29. The molecule has 0 aromatic heterocycles. The molecule has 0 amide bonds. The lowest BCUT2D eigenvalue weighted by atomic mass is 10.1. The number of hydrogen-bond acceptors (Lipinski definition) is 3. The summed E-state index contributed by atoms with van der Waals surface area (Å²) in [6.07, 6.45) is 0.0319. The van der Waals surface area contributed by atoms with E-state index in [4.69, 9.17) is 10.4 Å². The summed E-state index contributed by atoms with van der Waals surface area (Å²) in [7, 11) is 0. The van der Waals surface area contributed by atoms with Crippen molar-refractivity contribution < 1.29 is 14.3 Å². The largest absolute Gasteiger partial charge is 0.481 e. The number of halogens is 1. The second-order valence-electron chi connectivity index (χ2n) is 3.86. The number of hydrogen-bond donors (Lipinski definition) is 2. The zero-order valence-electron chi connectivity index (χ0n) is 9.40. The molecular weight excluding hydrogens is 223 g/mol. The Bertz CT molecular complexity index is 454. The van der Waals surface area contributed by atoms with Gasteiger partial charge in [-0.2, -0.15) is 5.26 Å². The van der Waals surface area contributed by atoms with Crippen molar-refractivity contribution >= 4 is 11.7 Å². The van der Waals surface area contributed by atoms with Gasteiger partial charge in [-0.15, -0.1) is 0 Å². The number of anilines is 1. The van der Waals surface area contributed by atoms with Crippen LogP contribution in [0.3, 0.4) is 0 Å².